The van der Waals surface area contributed by atoms with E-state index in [1.807, 2.05) is 18.2 Å². The minimum absolute atomic E-state index is 0.00505. The predicted octanol–water partition coefficient (Wildman–Crippen LogP) is 3.41. The molecule has 2 aromatic rings. The van der Waals surface area contributed by atoms with Gasteiger partial charge in [-0.15, -0.1) is 0 Å². The van der Waals surface area contributed by atoms with E-state index in [1.165, 1.54) is 0 Å². The minimum Gasteiger partial charge on any atom is -0.326 e. The molecule has 6 heteroatoms. The highest BCUT2D eigenvalue weighted by Crippen LogP contribution is 2.31. The van der Waals surface area contributed by atoms with Gasteiger partial charge in [-0.05, 0) is 49.6 Å². The van der Waals surface area contributed by atoms with Gasteiger partial charge in [0.15, 0.2) is 0 Å². The van der Waals surface area contributed by atoms with Crippen LogP contribution in [-0.4, -0.2) is 24.3 Å². The molecule has 2 aromatic carbocycles. The maximum Gasteiger partial charge on any atom is 0.255 e. The number of amides is 3. The first kappa shape index (κ1) is 17.3. The van der Waals surface area contributed by atoms with Crippen LogP contribution >= 0.6 is 0 Å². The maximum atomic E-state index is 12.7. The number of nitrogens with one attached hydrogen (secondary N) is 2. The lowest BCUT2D eigenvalue weighted by Gasteiger charge is -2.20. The van der Waals surface area contributed by atoms with Crippen LogP contribution in [-0.2, 0) is 9.59 Å². The highest BCUT2D eigenvalue weighted by Gasteiger charge is 2.29. The van der Waals surface area contributed by atoms with Crippen LogP contribution in [0.1, 0.15) is 36.0 Å². The van der Waals surface area contributed by atoms with Gasteiger partial charge in [-0.3, -0.25) is 14.4 Å². The fourth-order valence-corrected chi connectivity index (χ4v) is 3.24. The number of carbonyl (C=O) groups is 3. The molecule has 0 radical (unpaired) electrons. The van der Waals surface area contributed by atoms with E-state index in [9.17, 15) is 14.4 Å². The van der Waals surface area contributed by atoms with Crippen LogP contribution in [0.2, 0.25) is 0 Å². The van der Waals surface area contributed by atoms with Gasteiger partial charge in [-0.2, -0.15) is 0 Å². The van der Waals surface area contributed by atoms with Crippen LogP contribution in [0, 0.1) is 5.92 Å². The standard InChI is InChI=1S/C21H21N3O3/c25-19-9-4-12-24(19)18-8-2-1-7-17(18)23-21(27)15-5-3-6-16(13-15)22-20(26)14-10-11-14/h1-3,5-8,13-14H,4,9-12H2,(H,22,26)(H,23,27). The van der Waals surface area contributed by atoms with E-state index in [4.69, 9.17) is 0 Å². The number of nitrogens with zero attached hydrogens (tertiary/aromatic N) is 1. The Morgan fingerprint density at radius 3 is 2.56 bits per heavy atom. The molecule has 1 aliphatic heterocycles. The zero-order valence-electron chi connectivity index (χ0n) is 14.9. The second kappa shape index (κ2) is 7.23. The van der Waals surface area contributed by atoms with Gasteiger partial charge in [0.05, 0.1) is 11.4 Å². The van der Waals surface area contributed by atoms with Crippen LogP contribution in [0.15, 0.2) is 48.5 Å². The first-order chi connectivity index (χ1) is 13.1. The minimum atomic E-state index is -0.281. The summed E-state index contributed by atoms with van der Waals surface area (Å²) in [5.74, 6) is -0.101. The molecule has 0 bridgehead atoms. The lowest BCUT2D eigenvalue weighted by Crippen LogP contribution is -2.25. The number of carbonyl (C=O) groups excluding carboxylic acids is 3. The number of hydrogen-bond donors (Lipinski definition) is 2. The van der Waals surface area contributed by atoms with Crippen molar-refractivity contribution in [2.24, 2.45) is 5.92 Å². The molecule has 2 N–H and O–H groups in total. The number of benzene rings is 2. The predicted molar refractivity (Wildman–Crippen MR) is 104 cm³/mol. The van der Waals surface area contributed by atoms with E-state index in [-0.39, 0.29) is 23.6 Å². The maximum absolute atomic E-state index is 12.7. The zero-order chi connectivity index (χ0) is 18.8. The van der Waals surface area contributed by atoms with Crippen LogP contribution in [0.5, 0.6) is 0 Å². The number of hydrogen-bond acceptors (Lipinski definition) is 3. The molecular formula is C21H21N3O3. The fraction of sp³-hybridized carbons (Fsp3) is 0.286. The van der Waals surface area contributed by atoms with E-state index in [2.05, 4.69) is 10.6 Å². The van der Waals surface area contributed by atoms with Crippen molar-refractivity contribution >= 4 is 34.8 Å². The van der Waals surface area contributed by atoms with Crippen molar-refractivity contribution in [1.82, 2.24) is 0 Å². The molecular weight excluding hydrogens is 342 g/mol. The molecule has 1 aliphatic carbocycles. The van der Waals surface area contributed by atoms with Crippen molar-refractivity contribution in [3.05, 3.63) is 54.1 Å². The summed E-state index contributed by atoms with van der Waals surface area (Å²) in [6.07, 6.45) is 3.21. The molecule has 1 saturated carbocycles. The molecule has 1 heterocycles. The Morgan fingerprint density at radius 2 is 1.81 bits per heavy atom. The average Bonchev–Trinajstić information content (AvgIpc) is 3.44. The van der Waals surface area contributed by atoms with Gasteiger partial charge in [-0.1, -0.05) is 18.2 Å². The van der Waals surface area contributed by atoms with E-state index in [1.54, 1.807) is 35.2 Å². The van der Waals surface area contributed by atoms with Gasteiger partial charge in [0.25, 0.3) is 5.91 Å². The second-order valence-corrected chi connectivity index (χ2v) is 6.96. The van der Waals surface area contributed by atoms with Gasteiger partial charge in [-0.25, -0.2) is 0 Å². The highest BCUT2D eigenvalue weighted by atomic mass is 16.2. The lowest BCUT2D eigenvalue weighted by molar-refractivity contribution is -0.118. The Balaban J connectivity index is 1.51. The topological polar surface area (TPSA) is 78.5 Å². The third-order valence-electron chi connectivity index (χ3n) is 4.86. The summed E-state index contributed by atoms with van der Waals surface area (Å²) < 4.78 is 0. The summed E-state index contributed by atoms with van der Waals surface area (Å²) in [4.78, 5) is 38.4. The molecule has 0 unspecified atom stereocenters. The van der Waals surface area contributed by atoms with E-state index in [0.717, 1.165) is 19.3 Å². The summed E-state index contributed by atoms with van der Waals surface area (Å²) in [6.45, 7) is 0.661. The van der Waals surface area contributed by atoms with Gasteiger partial charge >= 0.3 is 0 Å². The zero-order valence-corrected chi connectivity index (χ0v) is 14.9. The van der Waals surface area contributed by atoms with Crippen molar-refractivity contribution in [3.8, 4) is 0 Å². The number of para-hydroxylation sites is 2. The molecule has 0 aromatic heterocycles. The molecule has 3 amide bonds. The van der Waals surface area contributed by atoms with E-state index >= 15 is 0 Å². The Kier molecular flexibility index (Phi) is 4.62. The van der Waals surface area contributed by atoms with Crippen molar-refractivity contribution in [2.45, 2.75) is 25.7 Å². The second-order valence-electron chi connectivity index (χ2n) is 6.96. The van der Waals surface area contributed by atoms with Crippen LogP contribution in [0.4, 0.5) is 17.1 Å². The summed E-state index contributed by atoms with van der Waals surface area (Å²) in [5, 5.41) is 5.75. The summed E-state index contributed by atoms with van der Waals surface area (Å²) >= 11 is 0. The van der Waals surface area contributed by atoms with Crippen molar-refractivity contribution in [2.75, 3.05) is 22.1 Å². The highest BCUT2D eigenvalue weighted by molar-refractivity contribution is 6.08. The Labute approximate surface area is 157 Å². The monoisotopic (exact) mass is 363 g/mol. The Morgan fingerprint density at radius 1 is 1.00 bits per heavy atom. The first-order valence-corrected chi connectivity index (χ1v) is 9.23. The smallest absolute Gasteiger partial charge is 0.255 e. The largest absolute Gasteiger partial charge is 0.326 e. The normalized spacial score (nSPS) is 16.3. The third-order valence-corrected chi connectivity index (χ3v) is 4.86. The van der Waals surface area contributed by atoms with Gasteiger partial charge in [0, 0.05) is 30.1 Å². The average molecular weight is 363 g/mol. The van der Waals surface area contributed by atoms with Crippen molar-refractivity contribution in [3.63, 3.8) is 0 Å². The molecule has 2 aliphatic rings. The molecule has 2 fully saturated rings. The third kappa shape index (κ3) is 3.84. The van der Waals surface area contributed by atoms with Crippen LogP contribution in [0.25, 0.3) is 0 Å². The SMILES string of the molecule is O=C(Nc1ccccc1N1CCCC1=O)c1cccc(NC(=O)C2CC2)c1. The summed E-state index contributed by atoms with van der Waals surface area (Å²) in [7, 11) is 0. The fourth-order valence-electron chi connectivity index (χ4n) is 3.24. The van der Waals surface area contributed by atoms with Gasteiger partial charge in [0.1, 0.15) is 0 Å². The Bertz CT molecular complexity index is 905. The molecule has 27 heavy (non-hydrogen) atoms. The van der Waals surface area contributed by atoms with Crippen LogP contribution in [0.3, 0.4) is 0 Å². The first-order valence-electron chi connectivity index (χ1n) is 9.23. The Hall–Kier alpha value is -3.15. The molecule has 1 saturated heterocycles. The summed E-state index contributed by atoms with van der Waals surface area (Å²) in [6, 6.07) is 14.2. The molecule has 0 spiro atoms. The van der Waals surface area contributed by atoms with E-state index in [0.29, 0.717) is 35.6 Å². The molecule has 0 atom stereocenters. The summed E-state index contributed by atoms with van der Waals surface area (Å²) in [5.41, 5.74) is 2.38. The van der Waals surface area contributed by atoms with Crippen molar-refractivity contribution in [1.29, 1.82) is 0 Å². The van der Waals surface area contributed by atoms with Gasteiger partial charge < -0.3 is 15.5 Å². The van der Waals surface area contributed by atoms with Crippen molar-refractivity contribution < 1.29 is 14.4 Å². The van der Waals surface area contributed by atoms with Crippen LogP contribution < -0.4 is 15.5 Å². The van der Waals surface area contributed by atoms with Gasteiger partial charge in [0.2, 0.25) is 11.8 Å². The van der Waals surface area contributed by atoms with E-state index < -0.39 is 0 Å². The molecule has 138 valence electrons. The molecule has 4 rings (SSSR count). The molecule has 6 nitrogen and oxygen atoms in total. The quantitative estimate of drug-likeness (QED) is 0.854. The number of rotatable bonds is 5. The number of anilines is 3. The lowest BCUT2D eigenvalue weighted by atomic mass is 10.1.